The standard InChI is InChI=1S/C17H14F3NO/c18-17(19,20)14-5-1-3-11(10-14)12-7-8-15-13(9-12)4-2-6-16(15)21-22/h1,3,5,7-10,22H,2,4,6H2. The number of oxime groups is 1. The van der Waals surface area contributed by atoms with Crippen LogP contribution in [-0.2, 0) is 12.6 Å². The van der Waals surface area contributed by atoms with Crippen LogP contribution in [0.25, 0.3) is 11.1 Å². The average molecular weight is 305 g/mol. The number of fused-ring (bicyclic) bond motifs is 1. The normalized spacial score (nSPS) is 16.6. The van der Waals surface area contributed by atoms with Gasteiger partial charge in [-0.2, -0.15) is 13.2 Å². The number of hydrogen-bond donors (Lipinski definition) is 1. The summed E-state index contributed by atoms with van der Waals surface area (Å²) in [6.07, 6.45) is -1.92. The van der Waals surface area contributed by atoms with Crippen LogP contribution in [0.15, 0.2) is 47.6 Å². The molecule has 0 aromatic heterocycles. The van der Waals surface area contributed by atoms with E-state index < -0.39 is 11.7 Å². The lowest BCUT2D eigenvalue weighted by Crippen LogP contribution is -2.12. The summed E-state index contributed by atoms with van der Waals surface area (Å²) >= 11 is 0. The highest BCUT2D eigenvalue weighted by molar-refractivity contribution is 6.02. The minimum atomic E-state index is -4.35. The summed E-state index contributed by atoms with van der Waals surface area (Å²) in [5, 5.41) is 12.3. The van der Waals surface area contributed by atoms with E-state index in [2.05, 4.69) is 5.16 Å². The summed E-state index contributed by atoms with van der Waals surface area (Å²) in [4.78, 5) is 0. The first-order valence-corrected chi connectivity index (χ1v) is 7.01. The zero-order valence-corrected chi connectivity index (χ0v) is 11.7. The molecule has 0 aliphatic heterocycles. The molecule has 0 saturated heterocycles. The van der Waals surface area contributed by atoms with Gasteiger partial charge in [-0.1, -0.05) is 35.5 Å². The molecule has 0 spiro atoms. The van der Waals surface area contributed by atoms with Crippen molar-refractivity contribution in [3.8, 4) is 11.1 Å². The third-order valence-electron chi connectivity index (χ3n) is 3.92. The number of hydrogen-bond acceptors (Lipinski definition) is 2. The van der Waals surface area contributed by atoms with Gasteiger partial charge in [-0.3, -0.25) is 0 Å². The van der Waals surface area contributed by atoms with Crippen molar-refractivity contribution in [1.29, 1.82) is 0 Å². The van der Waals surface area contributed by atoms with E-state index in [1.807, 2.05) is 12.1 Å². The van der Waals surface area contributed by atoms with Crippen molar-refractivity contribution in [3.05, 3.63) is 59.2 Å². The van der Waals surface area contributed by atoms with E-state index in [0.29, 0.717) is 17.7 Å². The molecular formula is C17H14F3NO. The Morgan fingerprint density at radius 3 is 2.45 bits per heavy atom. The molecule has 0 amide bonds. The first kappa shape index (κ1) is 14.6. The lowest BCUT2D eigenvalue weighted by molar-refractivity contribution is -0.137. The van der Waals surface area contributed by atoms with E-state index >= 15 is 0 Å². The number of benzene rings is 2. The zero-order chi connectivity index (χ0) is 15.7. The molecule has 0 unspecified atom stereocenters. The largest absolute Gasteiger partial charge is 0.416 e. The van der Waals surface area contributed by atoms with Crippen molar-refractivity contribution in [1.82, 2.24) is 0 Å². The molecule has 1 aliphatic carbocycles. The highest BCUT2D eigenvalue weighted by Crippen LogP contribution is 2.33. The Morgan fingerprint density at radius 1 is 0.955 bits per heavy atom. The smallest absolute Gasteiger partial charge is 0.411 e. The molecule has 1 aliphatic rings. The first-order chi connectivity index (χ1) is 10.5. The second-order valence-corrected chi connectivity index (χ2v) is 5.35. The highest BCUT2D eigenvalue weighted by atomic mass is 19.4. The first-order valence-electron chi connectivity index (χ1n) is 7.01. The van der Waals surface area contributed by atoms with Crippen molar-refractivity contribution in [2.45, 2.75) is 25.4 Å². The molecule has 2 aromatic carbocycles. The monoisotopic (exact) mass is 305 g/mol. The van der Waals surface area contributed by atoms with Crippen molar-refractivity contribution in [2.75, 3.05) is 0 Å². The lowest BCUT2D eigenvalue weighted by Gasteiger charge is -2.18. The maximum atomic E-state index is 12.8. The minimum absolute atomic E-state index is 0.533. The van der Waals surface area contributed by atoms with Crippen LogP contribution in [0.4, 0.5) is 13.2 Å². The summed E-state index contributed by atoms with van der Waals surface area (Å²) in [6.45, 7) is 0. The van der Waals surface area contributed by atoms with E-state index in [0.717, 1.165) is 41.7 Å². The van der Waals surface area contributed by atoms with Crippen molar-refractivity contribution < 1.29 is 18.4 Å². The van der Waals surface area contributed by atoms with Crippen molar-refractivity contribution in [2.24, 2.45) is 5.16 Å². The summed E-state index contributed by atoms with van der Waals surface area (Å²) in [7, 11) is 0. The highest BCUT2D eigenvalue weighted by Gasteiger charge is 2.30. The molecule has 2 aromatic rings. The third-order valence-corrected chi connectivity index (χ3v) is 3.92. The molecule has 0 bridgehead atoms. The maximum absolute atomic E-state index is 12.8. The van der Waals surface area contributed by atoms with Gasteiger partial charge in [0.05, 0.1) is 11.3 Å². The Kier molecular flexibility index (Phi) is 3.64. The topological polar surface area (TPSA) is 32.6 Å². The Labute approximate surface area is 125 Å². The summed E-state index contributed by atoms with van der Waals surface area (Å²) in [5.41, 5.74) is 3.14. The molecule has 0 fully saturated rings. The number of halogens is 3. The predicted molar refractivity (Wildman–Crippen MR) is 78.1 cm³/mol. The Morgan fingerprint density at radius 2 is 1.73 bits per heavy atom. The fourth-order valence-electron chi connectivity index (χ4n) is 2.82. The number of rotatable bonds is 1. The predicted octanol–water partition coefficient (Wildman–Crippen LogP) is 4.89. The van der Waals surface area contributed by atoms with Gasteiger partial charge in [-0.15, -0.1) is 0 Å². The Balaban J connectivity index is 2.04. The van der Waals surface area contributed by atoms with Gasteiger partial charge in [-0.05, 0) is 48.1 Å². The molecule has 0 radical (unpaired) electrons. The summed E-state index contributed by atoms with van der Waals surface area (Å²) in [6, 6.07) is 10.8. The molecule has 0 saturated carbocycles. The summed E-state index contributed by atoms with van der Waals surface area (Å²) in [5.74, 6) is 0. The van der Waals surface area contributed by atoms with Gasteiger partial charge in [0, 0.05) is 5.56 Å². The maximum Gasteiger partial charge on any atom is 0.416 e. The van der Waals surface area contributed by atoms with Crippen LogP contribution in [0.2, 0.25) is 0 Å². The van der Waals surface area contributed by atoms with Gasteiger partial charge in [0.25, 0.3) is 0 Å². The summed E-state index contributed by atoms with van der Waals surface area (Å²) < 4.78 is 38.4. The van der Waals surface area contributed by atoms with Crippen LogP contribution in [0, 0.1) is 0 Å². The van der Waals surface area contributed by atoms with E-state index in [1.54, 1.807) is 12.1 Å². The fraction of sp³-hybridized carbons (Fsp3) is 0.235. The van der Waals surface area contributed by atoms with Crippen LogP contribution in [0.1, 0.15) is 29.5 Å². The molecule has 114 valence electrons. The second kappa shape index (κ2) is 5.48. The number of alkyl halides is 3. The SMILES string of the molecule is ON=C1CCCc2cc(-c3cccc(C(F)(F)F)c3)ccc21. The number of aryl methyl sites for hydroxylation is 1. The van der Waals surface area contributed by atoms with Gasteiger partial charge >= 0.3 is 6.18 Å². The van der Waals surface area contributed by atoms with E-state index in [-0.39, 0.29) is 0 Å². The molecule has 5 heteroatoms. The van der Waals surface area contributed by atoms with Gasteiger partial charge in [0.2, 0.25) is 0 Å². The van der Waals surface area contributed by atoms with Crippen molar-refractivity contribution >= 4 is 5.71 Å². The van der Waals surface area contributed by atoms with Crippen LogP contribution >= 0.6 is 0 Å². The van der Waals surface area contributed by atoms with Gasteiger partial charge < -0.3 is 5.21 Å². The number of nitrogens with zero attached hydrogens (tertiary/aromatic N) is 1. The van der Waals surface area contributed by atoms with Crippen LogP contribution in [0.3, 0.4) is 0 Å². The molecule has 0 heterocycles. The second-order valence-electron chi connectivity index (χ2n) is 5.35. The average Bonchev–Trinajstić information content (AvgIpc) is 2.53. The molecular weight excluding hydrogens is 291 g/mol. The molecule has 0 atom stereocenters. The van der Waals surface area contributed by atoms with Crippen molar-refractivity contribution in [3.63, 3.8) is 0 Å². The van der Waals surface area contributed by atoms with Crippen LogP contribution in [-0.4, -0.2) is 10.9 Å². The molecule has 2 nitrogen and oxygen atoms in total. The van der Waals surface area contributed by atoms with Gasteiger partial charge in [-0.25, -0.2) is 0 Å². The minimum Gasteiger partial charge on any atom is -0.411 e. The van der Waals surface area contributed by atoms with E-state index in [1.165, 1.54) is 6.07 Å². The zero-order valence-electron chi connectivity index (χ0n) is 11.7. The fourth-order valence-corrected chi connectivity index (χ4v) is 2.82. The molecule has 22 heavy (non-hydrogen) atoms. The van der Waals surface area contributed by atoms with Gasteiger partial charge in [0.1, 0.15) is 0 Å². The quantitative estimate of drug-likeness (QED) is 0.590. The molecule has 3 rings (SSSR count). The van der Waals surface area contributed by atoms with Crippen LogP contribution in [0.5, 0.6) is 0 Å². The van der Waals surface area contributed by atoms with E-state index in [9.17, 15) is 13.2 Å². The van der Waals surface area contributed by atoms with E-state index in [4.69, 9.17) is 5.21 Å². The molecule has 1 N–H and O–H groups in total. The Hall–Kier alpha value is -2.30. The lowest BCUT2D eigenvalue weighted by atomic mass is 9.87. The Bertz CT molecular complexity index is 735. The third kappa shape index (κ3) is 2.71. The van der Waals surface area contributed by atoms with Gasteiger partial charge in [0.15, 0.2) is 0 Å². The van der Waals surface area contributed by atoms with Crippen LogP contribution < -0.4 is 0 Å².